The summed E-state index contributed by atoms with van der Waals surface area (Å²) >= 11 is 0. The van der Waals surface area contributed by atoms with Crippen molar-refractivity contribution in [3.63, 3.8) is 0 Å². The predicted octanol–water partition coefficient (Wildman–Crippen LogP) is 1.17. The molecule has 1 aliphatic rings. The molecule has 0 amide bonds. The molecule has 0 atom stereocenters. The SMILES string of the molecule is C#CCN1CCC(Nc2cccnc2-n2cncn2)CC1. The molecule has 21 heavy (non-hydrogen) atoms. The number of nitrogens with zero attached hydrogens (tertiary/aromatic N) is 5. The molecule has 2 aromatic rings. The van der Waals surface area contributed by atoms with Gasteiger partial charge in [0.05, 0.1) is 12.2 Å². The van der Waals surface area contributed by atoms with Gasteiger partial charge in [-0.25, -0.2) is 14.6 Å². The van der Waals surface area contributed by atoms with E-state index >= 15 is 0 Å². The van der Waals surface area contributed by atoms with Gasteiger partial charge in [-0.3, -0.25) is 4.90 Å². The smallest absolute Gasteiger partial charge is 0.178 e. The Morgan fingerprint density at radius 3 is 2.95 bits per heavy atom. The van der Waals surface area contributed by atoms with Crippen LogP contribution in [0.25, 0.3) is 5.82 Å². The van der Waals surface area contributed by atoms with Gasteiger partial charge in [-0.15, -0.1) is 6.42 Å². The third-order valence-electron chi connectivity index (χ3n) is 3.68. The largest absolute Gasteiger partial charge is 0.379 e. The minimum Gasteiger partial charge on any atom is -0.379 e. The second-order valence-corrected chi connectivity index (χ2v) is 5.11. The highest BCUT2D eigenvalue weighted by atomic mass is 15.3. The van der Waals surface area contributed by atoms with Crippen LogP contribution in [0.2, 0.25) is 0 Å². The summed E-state index contributed by atoms with van der Waals surface area (Å²) in [5.74, 6) is 3.49. The van der Waals surface area contributed by atoms with Gasteiger partial charge in [0.25, 0.3) is 0 Å². The quantitative estimate of drug-likeness (QED) is 0.853. The highest BCUT2D eigenvalue weighted by Crippen LogP contribution is 2.20. The van der Waals surface area contributed by atoms with Crippen molar-refractivity contribution in [2.75, 3.05) is 25.0 Å². The topological polar surface area (TPSA) is 58.9 Å². The van der Waals surface area contributed by atoms with E-state index in [4.69, 9.17) is 6.42 Å². The van der Waals surface area contributed by atoms with Crippen LogP contribution < -0.4 is 5.32 Å². The van der Waals surface area contributed by atoms with Crippen molar-refractivity contribution in [3.8, 4) is 18.2 Å². The van der Waals surface area contributed by atoms with Crippen LogP contribution in [0.5, 0.6) is 0 Å². The average Bonchev–Trinajstić information content (AvgIpc) is 3.04. The third kappa shape index (κ3) is 3.20. The number of anilines is 1. The maximum absolute atomic E-state index is 5.36. The van der Waals surface area contributed by atoms with E-state index in [1.807, 2.05) is 12.1 Å². The maximum atomic E-state index is 5.36. The van der Waals surface area contributed by atoms with Gasteiger partial charge >= 0.3 is 0 Å². The van der Waals surface area contributed by atoms with E-state index in [0.29, 0.717) is 6.04 Å². The number of hydrogen-bond donors (Lipinski definition) is 1. The lowest BCUT2D eigenvalue weighted by atomic mass is 10.0. The van der Waals surface area contributed by atoms with E-state index in [9.17, 15) is 0 Å². The molecular formula is C15H18N6. The van der Waals surface area contributed by atoms with Gasteiger partial charge in [0.2, 0.25) is 0 Å². The Hall–Kier alpha value is -2.39. The highest BCUT2D eigenvalue weighted by molar-refractivity contribution is 5.56. The van der Waals surface area contributed by atoms with Gasteiger partial charge < -0.3 is 5.32 Å². The second kappa shape index (κ2) is 6.37. The van der Waals surface area contributed by atoms with E-state index < -0.39 is 0 Å². The fourth-order valence-corrected chi connectivity index (χ4v) is 2.59. The molecule has 1 aliphatic heterocycles. The average molecular weight is 282 g/mol. The molecule has 0 aromatic carbocycles. The van der Waals surface area contributed by atoms with Gasteiger partial charge in [0, 0.05) is 25.3 Å². The lowest BCUT2D eigenvalue weighted by Gasteiger charge is -2.31. The van der Waals surface area contributed by atoms with Crippen molar-refractivity contribution >= 4 is 5.69 Å². The number of rotatable bonds is 4. The molecule has 1 fully saturated rings. The molecule has 3 rings (SSSR count). The zero-order chi connectivity index (χ0) is 14.5. The lowest BCUT2D eigenvalue weighted by molar-refractivity contribution is 0.243. The Balaban J connectivity index is 1.68. The van der Waals surface area contributed by atoms with Crippen LogP contribution in [0.1, 0.15) is 12.8 Å². The first kappa shape index (κ1) is 13.6. The summed E-state index contributed by atoms with van der Waals surface area (Å²) in [6.07, 6.45) is 12.4. The van der Waals surface area contributed by atoms with Crippen molar-refractivity contribution in [3.05, 3.63) is 31.0 Å². The Morgan fingerprint density at radius 1 is 1.38 bits per heavy atom. The normalized spacial score (nSPS) is 16.5. The summed E-state index contributed by atoms with van der Waals surface area (Å²) in [5.41, 5.74) is 0.985. The monoisotopic (exact) mass is 282 g/mol. The van der Waals surface area contributed by atoms with Crippen LogP contribution >= 0.6 is 0 Å². The number of terminal acetylenes is 1. The molecule has 1 N–H and O–H groups in total. The number of nitrogens with one attached hydrogen (secondary N) is 1. The molecule has 6 nitrogen and oxygen atoms in total. The highest BCUT2D eigenvalue weighted by Gasteiger charge is 2.19. The van der Waals surface area contributed by atoms with Crippen LogP contribution in [-0.4, -0.2) is 50.3 Å². The molecule has 2 aromatic heterocycles. The number of aromatic nitrogens is 4. The fraction of sp³-hybridized carbons (Fsp3) is 0.400. The summed E-state index contributed by atoms with van der Waals surface area (Å²) in [4.78, 5) is 10.7. The van der Waals surface area contributed by atoms with Gasteiger partial charge in [-0.05, 0) is 25.0 Å². The van der Waals surface area contributed by atoms with Gasteiger partial charge in [-0.2, -0.15) is 5.10 Å². The number of pyridine rings is 1. The van der Waals surface area contributed by atoms with Gasteiger partial charge in [0.15, 0.2) is 5.82 Å². The minimum absolute atomic E-state index is 0.436. The first-order chi connectivity index (χ1) is 10.4. The summed E-state index contributed by atoms with van der Waals surface area (Å²) < 4.78 is 1.68. The predicted molar refractivity (Wildman–Crippen MR) is 81.1 cm³/mol. The second-order valence-electron chi connectivity index (χ2n) is 5.11. The summed E-state index contributed by atoms with van der Waals surface area (Å²) in [5, 5.41) is 7.72. The first-order valence-corrected chi connectivity index (χ1v) is 7.09. The van der Waals surface area contributed by atoms with Crippen LogP contribution in [-0.2, 0) is 0 Å². The third-order valence-corrected chi connectivity index (χ3v) is 3.68. The fourth-order valence-electron chi connectivity index (χ4n) is 2.59. The zero-order valence-corrected chi connectivity index (χ0v) is 11.8. The first-order valence-electron chi connectivity index (χ1n) is 7.09. The van der Waals surface area contributed by atoms with Crippen molar-refractivity contribution in [1.29, 1.82) is 0 Å². The van der Waals surface area contributed by atoms with E-state index in [0.717, 1.165) is 44.0 Å². The molecular weight excluding hydrogens is 264 g/mol. The molecule has 108 valence electrons. The van der Waals surface area contributed by atoms with Crippen LogP contribution in [0.3, 0.4) is 0 Å². The van der Waals surface area contributed by atoms with Crippen LogP contribution in [0.4, 0.5) is 5.69 Å². The standard InChI is InChI=1S/C15H18N6/c1-2-8-20-9-5-13(6-10-20)19-14-4-3-7-17-15(14)21-12-16-11-18-21/h1,3-4,7,11-13,19H,5-6,8-10H2. The number of hydrogen-bond acceptors (Lipinski definition) is 5. The Bertz CT molecular complexity index is 607. The Kier molecular flexibility index (Phi) is 4.12. The molecule has 3 heterocycles. The minimum atomic E-state index is 0.436. The number of piperidine rings is 1. The van der Waals surface area contributed by atoms with E-state index in [1.165, 1.54) is 6.33 Å². The van der Waals surface area contributed by atoms with E-state index in [2.05, 4.69) is 31.2 Å². The molecule has 0 aliphatic carbocycles. The molecule has 1 saturated heterocycles. The van der Waals surface area contributed by atoms with Crippen molar-refractivity contribution < 1.29 is 0 Å². The summed E-state index contributed by atoms with van der Waals surface area (Å²) in [6, 6.07) is 4.39. The van der Waals surface area contributed by atoms with E-state index in [1.54, 1.807) is 17.2 Å². The lowest BCUT2D eigenvalue weighted by Crippen LogP contribution is -2.39. The Morgan fingerprint density at radius 2 is 2.24 bits per heavy atom. The molecule has 0 bridgehead atoms. The maximum Gasteiger partial charge on any atom is 0.178 e. The van der Waals surface area contributed by atoms with Gasteiger partial charge in [0.1, 0.15) is 12.7 Å². The van der Waals surface area contributed by atoms with Crippen LogP contribution in [0, 0.1) is 12.3 Å². The molecule has 0 unspecified atom stereocenters. The van der Waals surface area contributed by atoms with Crippen molar-refractivity contribution in [2.24, 2.45) is 0 Å². The van der Waals surface area contributed by atoms with Gasteiger partial charge in [-0.1, -0.05) is 5.92 Å². The van der Waals surface area contributed by atoms with Crippen LogP contribution in [0.15, 0.2) is 31.0 Å². The molecule has 0 spiro atoms. The summed E-state index contributed by atoms with van der Waals surface area (Å²) in [7, 11) is 0. The summed E-state index contributed by atoms with van der Waals surface area (Å²) in [6.45, 7) is 2.80. The van der Waals surface area contributed by atoms with E-state index in [-0.39, 0.29) is 0 Å². The number of likely N-dealkylation sites (tertiary alicyclic amines) is 1. The van der Waals surface area contributed by atoms with Crippen molar-refractivity contribution in [1.82, 2.24) is 24.6 Å². The molecule has 0 saturated carbocycles. The van der Waals surface area contributed by atoms with Crippen molar-refractivity contribution in [2.45, 2.75) is 18.9 Å². The Labute approximate surface area is 124 Å². The molecule has 0 radical (unpaired) electrons. The molecule has 6 heteroatoms. The zero-order valence-electron chi connectivity index (χ0n) is 11.8.